The van der Waals surface area contributed by atoms with Crippen molar-refractivity contribution in [2.45, 2.75) is 53.5 Å². The van der Waals surface area contributed by atoms with Crippen molar-refractivity contribution < 1.29 is 9.21 Å². The van der Waals surface area contributed by atoms with Crippen LogP contribution in [0.3, 0.4) is 0 Å². The number of carbonyl (C=O) groups excluding carboxylic acids is 1. The van der Waals surface area contributed by atoms with Crippen LogP contribution in [0.4, 0.5) is 0 Å². The van der Waals surface area contributed by atoms with Crippen LogP contribution in [0, 0.1) is 26.7 Å². The van der Waals surface area contributed by atoms with Gasteiger partial charge in [-0.2, -0.15) is 0 Å². The molecule has 1 saturated heterocycles. The smallest absolute Gasteiger partial charge is 0.257 e. The van der Waals surface area contributed by atoms with Crippen molar-refractivity contribution in [3.8, 4) is 0 Å². The number of hydrogen-bond acceptors (Lipinski definition) is 3. The van der Waals surface area contributed by atoms with E-state index < -0.39 is 0 Å². The second-order valence-electron chi connectivity index (χ2n) is 6.54. The first kappa shape index (κ1) is 16.1. The lowest BCUT2D eigenvalue weighted by Crippen LogP contribution is -2.44. The van der Waals surface area contributed by atoms with Gasteiger partial charge < -0.3 is 14.6 Å². The number of nitrogens with one attached hydrogen (secondary N) is 1. The van der Waals surface area contributed by atoms with Gasteiger partial charge in [-0.3, -0.25) is 4.79 Å². The van der Waals surface area contributed by atoms with E-state index in [1.807, 2.05) is 25.7 Å². The van der Waals surface area contributed by atoms with Crippen molar-refractivity contribution in [2.24, 2.45) is 5.92 Å². The highest BCUT2D eigenvalue weighted by molar-refractivity contribution is 5.96. The van der Waals surface area contributed by atoms with E-state index in [9.17, 15) is 4.79 Å². The number of carbonyl (C=O) groups is 1. The summed E-state index contributed by atoms with van der Waals surface area (Å²) in [6.07, 6.45) is 2.29. The lowest BCUT2D eigenvalue weighted by Gasteiger charge is -2.33. The van der Waals surface area contributed by atoms with Crippen LogP contribution in [0.15, 0.2) is 4.42 Å². The third kappa shape index (κ3) is 3.67. The molecule has 21 heavy (non-hydrogen) atoms. The Bertz CT molecular complexity index is 505. The van der Waals surface area contributed by atoms with E-state index in [0.29, 0.717) is 12.0 Å². The zero-order valence-electron chi connectivity index (χ0n) is 14.0. The molecule has 0 aromatic carbocycles. The minimum absolute atomic E-state index is 0.135. The molecular weight excluding hydrogens is 264 g/mol. The Labute approximate surface area is 127 Å². The molecule has 1 aromatic heterocycles. The quantitative estimate of drug-likeness (QED) is 0.927. The van der Waals surface area contributed by atoms with Crippen LogP contribution in [0.5, 0.6) is 0 Å². The van der Waals surface area contributed by atoms with Gasteiger partial charge in [0.15, 0.2) is 0 Å². The molecule has 4 nitrogen and oxygen atoms in total. The van der Waals surface area contributed by atoms with E-state index in [1.165, 1.54) is 6.42 Å². The maximum absolute atomic E-state index is 12.8. The van der Waals surface area contributed by atoms with Crippen molar-refractivity contribution in [1.29, 1.82) is 0 Å². The van der Waals surface area contributed by atoms with Crippen molar-refractivity contribution in [3.63, 3.8) is 0 Å². The summed E-state index contributed by atoms with van der Waals surface area (Å²) in [5.41, 5.74) is 1.75. The fourth-order valence-corrected chi connectivity index (χ4v) is 3.08. The van der Waals surface area contributed by atoms with Gasteiger partial charge in [-0.25, -0.2) is 0 Å². The second-order valence-corrected chi connectivity index (χ2v) is 6.54. The minimum Gasteiger partial charge on any atom is -0.466 e. The van der Waals surface area contributed by atoms with Gasteiger partial charge in [0.25, 0.3) is 5.91 Å². The molecule has 0 bridgehead atoms. The van der Waals surface area contributed by atoms with Gasteiger partial charge in [-0.15, -0.1) is 0 Å². The summed E-state index contributed by atoms with van der Waals surface area (Å²) in [5, 5.41) is 3.48. The van der Waals surface area contributed by atoms with Crippen molar-refractivity contribution in [2.75, 3.05) is 19.6 Å². The molecule has 4 heteroatoms. The van der Waals surface area contributed by atoms with Crippen LogP contribution in [0.2, 0.25) is 0 Å². The van der Waals surface area contributed by atoms with E-state index in [2.05, 4.69) is 19.2 Å². The first-order valence-corrected chi connectivity index (χ1v) is 7.99. The van der Waals surface area contributed by atoms with Crippen LogP contribution >= 0.6 is 0 Å². The van der Waals surface area contributed by atoms with Gasteiger partial charge in [0.1, 0.15) is 11.5 Å². The van der Waals surface area contributed by atoms with Crippen molar-refractivity contribution in [1.82, 2.24) is 10.2 Å². The second kappa shape index (κ2) is 6.65. The van der Waals surface area contributed by atoms with Gasteiger partial charge in [0.2, 0.25) is 0 Å². The van der Waals surface area contributed by atoms with Gasteiger partial charge in [-0.05, 0) is 46.1 Å². The number of nitrogens with zero attached hydrogens (tertiary/aromatic N) is 1. The Morgan fingerprint density at radius 1 is 1.33 bits per heavy atom. The van der Waals surface area contributed by atoms with Crippen LogP contribution in [0.25, 0.3) is 0 Å². The summed E-state index contributed by atoms with van der Waals surface area (Å²) in [5.74, 6) is 2.29. The van der Waals surface area contributed by atoms with Crippen molar-refractivity contribution in [3.05, 3.63) is 22.6 Å². The van der Waals surface area contributed by atoms with Crippen LogP contribution < -0.4 is 5.32 Å². The Morgan fingerprint density at radius 3 is 2.62 bits per heavy atom. The molecule has 0 spiro atoms. The minimum atomic E-state index is 0.135. The van der Waals surface area contributed by atoms with E-state index >= 15 is 0 Å². The van der Waals surface area contributed by atoms with Gasteiger partial charge in [-0.1, -0.05) is 13.8 Å². The van der Waals surface area contributed by atoms with Gasteiger partial charge in [0.05, 0.1) is 5.56 Å². The molecule has 1 aromatic rings. The Balaban J connectivity index is 2.05. The van der Waals surface area contributed by atoms with Crippen LogP contribution in [-0.4, -0.2) is 36.5 Å². The molecule has 1 aliphatic heterocycles. The number of furan rings is 1. The largest absolute Gasteiger partial charge is 0.466 e. The number of piperidine rings is 1. The molecule has 2 heterocycles. The molecule has 1 fully saturated rings. The normalized spacial score (nSPS) is 19.3. The van der Waals surface area contributed by atoms with E-state index in [-0.39, 0.29) is 5.91 Å². The predicted octanol–water partition coefficient (Wildman–Crippen LogP) is 3.06. The molecule has 0 aliphatic carbocycles. The summed E-state index contributed by atoms with van der Waals surface area (Å²) < 4.78 is 5.60. The van der Waals surface area contributed by atoms with Crippen LogP contribution in [-0.2, 0) is 0 Å². The molecule has 1 aliphatic rings. The predicted molar refractivity (Wildman–Crippen MR) is 84.7 cm³/mol. The van der Waals surface area contributed by atoms with E-state index in [1.54, 1.807) is 0 Å². The summed E-state index contributed by atoms with van der Waals surface area (Å²) in [7, 11) is 0. The standard InChI is InChI=1S/C17H28N2O2/c1-11(2)18-9-15-7-6-8-19(10-15)17(20)16-12(3)13(4)21-14(16)5/h11,15,18H,6-10H2,1-5H3. The van der Waals surface area contributed by atoms with Gasteiger partial charge in [0, 0.05) is 24.7 Å². The maximum Gasteiger partial charge on any atom is 0.257 e. The lowest BCUT2D eigenvalue weighted by molar-refractivity contribution is 0.0670. The SMILES string of the molecule is Cc1oc(C)c(C(=O)N2CCCC(CNC(C)C)C2)c1C. The third-order valence-corrected chi connectivity index (χ3v) is 4.40. The molecule has 1 unspecified atom stereocenters. The summed E-state index contributed by atoms with van der Waals surface area (Å²) in [4.78, 5) is 14.8. The monoisotopic (exact) mass is 292 g/mol. The average molecular weight is 292 g/mol. The topological polar surface area (TPSA) is 45.5 Å². The van der Waals surface area contributed by atoms with Gasteiger partial charge >= 0.3 is 0 Å². The molecule has 1 amide bonds. The molecule has 0 radical (unpaired) electrons. The highest BCUT2D eigenvalue weighted by atomic mass is 16.3. The summed E-state index contributed by atoms with van der Waals surface area (Å²) in [6.45, 7) is 12.8. The molecule has 1 N–H and O–H groups in total. The highest BCUT2D eigenvalue weighted by Crippen LogP contribution is 2.25. The number of hydrogen-bond donors (Lipinski definition) is 1. The number of aryl methyl sites for hydroxylation is 2. The molecule has 2 rings (SSSR count). The van der Waals surface area contributed by atoms with Crippen LogP contribution in [0.1, 0.15) is 54.1 Å². The Morgan fingerprint density at radius 2 is 2.05 bits per heavy atom. The Hall–Kier alpha value is -1.29. The van der Waals surface area contributed by atoms with E-state index in [4.69, 9.17) is 4.42 Å². The fourth-order valence-electron chi connectivity index (χ4n) is 3.08. The van der Waals surface area contributed by atoms with Crippen molar-refractivity contribution >= 4 is 5.91 Å². The Kier molecular flexibility index (Phi) is 5.09. The average Bonchev–Trinajstić information content (AvgIpc) is 2.69. The molecule has 118 valence electrons. The zero-order chi connectivity index (χ0) is 15.6. The first-order valence-electron chi connectivity index (χ1n) is 7.99. The number of likely N-dealkylation sites (tertiary alicyclic amines) is 1. The van der Waals surface area contributed by atoms with E-state index in [0.717, 1.165) is 48.7 Å². The molecular formula is C17H28N2O2. The highest BCUT2D eigenvalue weighted by Gasteiger charge is 2.28. The summed E-state index contributed by atoms with van der Waals surface area (Å²) in [6, 6.07) is 0.497. The molecule has 0 saturated carbocycles. The fraction of sp³-hybridized carbons (Fsp3) is 0.706. The zero-order valence-corrected chi connectivity index (χ0v) is 14.0. The summed E-state index contributed by atoms with van der Waals surface area (Å²) >= 11 is 0. The lowest BCUT2D eigenvalue weighted by atomic mass is 9.96. The first-order chi connectivity index (χ1) is 9.90. The number of amides is 1. The molecule has 1 atom stereocenters. The third-order valence-electron chi connectivity index (χ3n) is 4.40. The maximum atomic E-state index is 12.8. The number of rotatable bonds is 4.